The topological polar surface area (TPSA) is 47.3 Å². The monoisotopic (exact) mass is 308 g/mol. The van der Waals surface area contributed by atoms with Gasteiger partial charge in [-0.05, 0) is 22.0 Å². The van der Waals surface area contributed by atoms with Gasteiger partial charge in [0, 0.05) is 21.6 Å². The number of halogens is 2. The summed E-state index contributed by atoms with van der Waals surface area (Å²) in [6.07, 6.45) is 1.52. The van der Waals surface area contributed by atoms with E-state index in [4.69, 9.17) is 15.1 Å². The first-order chi connectivity index (χ1) is 6.97. The summed E-state index contributed by atoms with van der Waals surface area (Å²) in [6, 6.07) is 5.28. The molecule has 80 valence electrons. The summed E-state index contributed by atoms with van der Waals surface area (Å²) in [5, 5.41) is 0.841. The molecule has 0 saturated heterocycles. The van der Waals surface area contributed by atoms with Gasteiger partial charge in [0.2, 0.25) is 9.05 Å². The zero-order chi connectivity index (χ0) is 11.1. The molecule has 6 heteroatoms. The molecule has 0 saturated carbocycles. The second kappa shape index (κ2) is 3.81. The van der Waals surface area contributed by atoms with Crippen LogP contribution in [0.4, 0.5) is 0 Å². The minimum absolute atomic E-state index is 0.230. The number of para-hydroxylation sites is 1. The first-order valence-corrected chi connectivity index (χ1v) is 7.31. The Morgan fingerprint density at radius 3 is 2.80 bits per heavy atom. The van der Waals surface area contributed by atoms with Crippen molar-refractivity contribution in [3.05, 3.63) is 34.5 Å². The van der Waals surface area contributed by atoms with E-state index < -0.39 is 9.05 Å². The Labute approximate surface area is 99.6 Å². The van der Waals surface area contributed by atoms with Crippen molar-refractivity contribution >= 4 is 46.6 Å². The van der Waals surface area contributed by atoms with Crippen LogP contribution in [0.1, 0.15) is 5.56 Å². The number of hydrogen-bond donors (Lipinski definition) is 0. The summed E-state index contributed by atoms with van der Waals surface area (Å²) in [4.78, 5) is 0. The van der Waals surface area contributed by atoms with Crippen molar-refractivity contribution in [3.8, 4) is 0 Å². The van der Waals surface area contributed by atoms with Crippen LogP contribution in [0.15, 0.2) is 33.4 Å². The lowest BCUT2D eigenvalue weighted by Crippen LogP contribution is -1.94. The standard InChI is InChI=1S/C9H6BrClO3S/c10-8-4-14-9-6(5-15(11,12)13)2-1-3-7(8)9/h1-4H,5H2. The Morgan fingerprint density at radius 1 is 1.40 bits per heavy atom. The average Bonchev–Trinajstić information content (AvgIpc) is 2.47. The fourth-order valence-electron chi connectivity index (χ4n) is 1.39. The van der Waals surface area contributed by atoms with Gasteiger partial charge in [0.1, 0.15) is 11.8 Å². The van der Waals surface area contributed by atoms with E-state index in [9.17, 15) is 8.42 Å². The molecular weight excluding hydrogens is 304 g/mol. The van der Waals surface area contributed by atoms with Gasteiger partial charge in [-0.1, -0.05) is 12.1 Å². The Hall–Kier alpha value is -0.520. The second-order valence-corrected chi connectivity index (χ2v) is 6.69. The number of hydrogen-bond acceptors (Lipinski definition) is 3. The highest BCUT2D eigenvalue weighted by Crippen LogP contribution is 2.29. The van der Waals surface area contributed by atoms with E-state index in [0.29, 0.717) is 11.1 Å². The SMILES string of the molecule is O=S(=O)(Cl)Cc1cccc2c(Br)coc12. The van der Waals surface area contributed by atoms with Gasteiger partial charge >= 0.3 is 0 Å². The lowest BCUT2D eigenvalue weighted by molar-refractivity contribution is 0.601. The summed E-state index contributed by atoms with van der Waals surface area (Å²) in [5.41, 5.74) is 1.11. The summed E-state index contributed by atoms with van der Waals surface area (Å²) < 4.78 is 28.0. The van der Waals surface area contributed by atoms with E-state index in [1.165, 1.54) is 6.26 Å². The quantitative estimate of drug-likeness (QED) is 0.800. The summed E-state index contributed by atoms with van der Waals surface area (Å²) >= 11 is 3.30. The maximum absolute atomic E-state index is 11.0. The highest BCUT2D eigenvalue weighted by molar-refractivity contribution is 9.10. The number of furan rings is 1. The van der Waals surface area contributed by atoms with Crippen molar-refractivity contribution in [2.45, 2.75) is 5.75 Å². The van der Waals surface area contributed by atoms with Crippen LogP contribution in [0.3, 0.4) is 0 Å². The van der Waals surface area contributed by atoms with Crippen molar-refractivity contribution in [2.75, 3.05) is 0 Å². The molecule has 2 aromatic rings. The first kappa shape index (κ1) is 11.0. The molecule has 15 heavy (non-hydrogen) atoms. The van der Waals surface area contributed by atoms with Gasteiger partial charge in [-0.15, -0.1) is 0 Å². The largest absolute Gasteiger partial charge is 0.463 e. The molecule has 0 atom stereocenters. The van der Waals surface area contributed by atoms with Gasteiger partial charge in [0.25, 0.3) is 0 Å². The molecule has 1 heterocycles. The van der Waals surface area contributed by atoms with Gasteiger partial charge in [-0.2, -0.15) is 0 Å². The lowest BCUT2D eigenvalue weighted by Gasteiger charge is -1.98. The van der Waals surface area contributed by atoms with Gasteiger partial charge in [0.15, 0.2) is 0 Å². The Balaban J connectivity index is 2.62. The molecular formula is C9H6BrClO3S. The summed E-state index contributed by atoms with van der Waals surface area (Å²) in [7, 11) is 1.63. The van der Waals surface area contributed by atoms with E-state index >= 15 is 0 Å². The maximum atomic E-state index is 11.0. The van der Waals surface area contributed by atoms with Crippen LogP contribution in [-0.2, 0) is 14.8 Å². The smallest absolute Gasteiger partial charge is 0.236 e. The predicted molar refractivity (Wildman–Crippen MR) is 62.4 cm³/mol. The highest BCUT2D eigenvalue weighted by atomic mass is 79.9. The molecule has 0 spiro atoms. The van der Waals surface area contributed by atoms with Gasteiger partial charge in [-0.25, -0.2) is 8.42 Å². The van der Waals surface area contributed by atoms with Crippen molar-refractivity contribution < 1.29 is 12.8 Å². The molecule has 0 aliphatic rings. The van der Waals surface area contributed by atoms with E-state index in [0.717, 1.165) is 9.86 Å². The molecule has 0 aliphatic heterocycles. The van der Waals surface area contributed by atoms with Gasteiger partial charge in [0.05, 0.1) is 10.2 Å². The number of fused-ring (bicyclic) bond motifs is 1. The third-order valence-electron chi connectivity index (χ3n) is 1.96. The highest BCUT2D eigenvalue weighted by Gasteiger charge is 2.13. The minimum Gasteiger partial charge on any atom is -0.463 e. The van der Waals surface area contributed by atoms with E-state index in [2.05, 4.69) is 15.9 Å². The normalized spacial score (nSPS) is 12.1. The van der Waals surface area contributed by atoms with E-state index in [1.807, 2.05) is 6.07 Å². The third kappa shape index (κ3) is 2.35. The van der Waals surface area contributed by atoms with Crippen molar-refractivity contribution in [2.24, 2.45) is 0 Å². The molecule has 0 aliphatic carbocycles. The second-order valence-electron chi connectivity index (χ2n) is 3.06. The van der Waals surface area contributed by atoms with Gasteiger partial charge < -0.3 is 4.42 Å². The molecule has 3 nitrogen and oxygen atoms in total. The molecule has 0 bridgehead atoms. The van der Waals surface area contributed by atoms with Crippen LogP contribution >= 0.6 is 26.6 Å². The zero-order valence-electron chi connectivity index (χ0n) is 7.41. The molecule has 0 radical (unpaired) electrons. The Morgan fingerprint density at radius 2 is 2.13 bits per heavy atom. The van der Waals surface area contributed by atoms with Crippen LogP contribution in [0.2, 0.25) is 0 Å². The molecule has 0 N–H and O–H groups in total. The molecule has 0 fully saturated rings. The van der Waals surface area contributed by atoms with Crippen LogP contribution in [0, 0.1) is 0 Å². The zero-order valence-corrected chi connectivity index (χ0v) is 10.6. The fraction of sp³-hybridized carbons (Fsp3) is 0.111. The maximum Gasteiger partial charge on any atom is 0.236 e. The van der Waals surface area contributed by atoms with E-state index in [1.54, 1.807) is 12.1 Å². The average molecular weight is 310 g/mol. The summed E-state index contributed by atoms with van der Waals surface area (Å²) in [6.45, 7) is 0. The molecule has 1 aromatic heterocycles. The van der Waals surface area contributed by atoms with Crippen molar-refractivity contribution in [1.82, 2.24) is 0 Å². The lowest BCUT2D eigenvalue weighted by atomic mass is 10.2. The van der Waals surface area contributed by atoms with Crippen LogP contribution in [0.5, 0.6) is 0 Å². The Kier molecular flexibility index (Phi) is 2.79. The van der Waals surface area contributed by atoms with Crippen LogP contribution < -0.4 is 0 Å². The first-order valence-electron chi connectivity index (χ1n) is 4.04. The minimum atomic E-state index is -3.56. The van der Waals surface area contributed by atoms with Crippen LogP contribution in [-0.4, -0.2) is 8.42 Å². The van der Waals surface area contributed by atoms with Crippen molar-refractivity contribution in [1.29, 1.82) is 0 Å². The number of benzene rings is 1. The molecule has 1 aromatic carbocycles. The molecule has 0 amide bonds. The van der Waals surface area contributed by atoms with Crippen molar-refractivity contribution in [3.63, 3.8) is 0 Å². The Bertz CT molecular complexity index is 603. The molecule has 2 rings (SSSR count). The molecule has 0 unspecified atom stereocenters. The predicted octanol–water partition coefficient (Wildman–Crippen LogP) is 3.26. The van der Waals surface area contributed by atoms with E-state index in [-0.39, 0.29) is 5.75 Å². The van der Waals surface area contributed by atoms with Crippen LogP contribution in [0.25, 0.3) is 11.0 Å². The van der Waals surface area contributed by atoms with Gasteiger partial charge in [-0.3, -0.25) is 0 Å². The number of rotatable bonds is 2. The third-order valence-corrected chi connectivity index (χ3v) is 3.56. The summed E-state index contributed by atoms with van der Waals surface area (Å²) in [5.74, 6) is -0.230. The fourth-order valence-corrected chi connectivity index (χ4v) is 2.74.